The maximum atomic E-state index is 7.08. The molecule has 1 N–H and O–H groups in total. The standard InChI is InChI=1S/C7H7N2.CH3.W/c1-2-6-4-3-5-7(8)9-6;;/h2-5H,1H2,(H-,8,9);1H3;/q2*-1;+2. The molecule has 11 heavy (non-hydrogen) atoms. The molecule has 0 bridgehead atoms. The monoisotopic (exact) mass is 318 g/mol. The van der Waals surface area contributed by atoms with Gasteiger partial charge in [0.25, 0.3) is 0 Å². The Balaban J connectivity index is 0. The van der Waals surface area contributed by atoms with Gasteiger partial charge in [0.05, 0.1) is 0 Å². The maximum Gasteiger partial charge on any atom is 2.00 e. The van der Waals surface area contributed by atoms with Crippen molar-refractivity contribution in [2.45, 2.75) is 0 Å². The molecule has 0 aromatic carbocycles. The van der Waals surface area contributed by atoms with E-state index in [0.717, 1.165) is 5.69 Å². The van der Waals surface area contributed by atoms with Crippen molar-refractivity contribution in [3.8, 4) is 0 Å². The third kappa shape index (κ3) is 3.94. The summed E-state index contributed by atoms with van der Waals surface area (Å²) in [5.74, 6) is 0.285. The molecular weight excluding hydrogens is 308 g/mol. The second-order valence-electron chi connectivity index (χ2n) is 1.65. The largest absolute Gasteiger partial charge is 2.00 e. The number of rotatable bonds is 1. The summed E-state index contributed by atoms with van der Waals surface area (Å²) < 4.78 is 0. The van der Waals surface area contributed by atoms with Gasteiger partial charge in [-0.1, -0.05) is 36.7 Å². The molecule has 3 heteroatoms. The van der Waals surface area contributed by atoms with Gasteiger partial charge in [-0.15, -0.1) is 0 Å². The molecule has 1 aromatic heterocycles. The molecular formula is C8H10N2W. The first-order valence-corrected chi connectivity index (χ1v) is 2.64. The quantitative estimate of drug-likeness (QED) is 0.734. The van der Waals surface area contributed by atoms with Crippen LogP contribution in [0.15, 0.2) is 24.8 Å². The molecule has 0 fully saturated rings. The number of aromatic nitrogens is 1. The topological polar surface area (TPSA) is 36.7 Å². The number of pyridine rings is 1. The first-order chi connectivity index (χ1) is 4.33. The first kappa shape index (κ1) is 13.0. The number of nitrogens with zero attached hydrogens (tertiary/aromatic N) is 1. The van der Waals surface area contributed by atoms with Gasteiger partial charge in [-0.2, -0.15) is 0 Å². The Bertz CT molecular complexity index is 223. The van der Waals surface area contributed by atoms with Crippen molar-refractivity contribution >= 4 is 11.9 Å². The van der Waals surface area contributed by atoms with Gasteiger partial charge in [0.2, 0.25) is 0 Å². The maximum absolute atomic E-state index is 7.08. The van der Waals surface area contributed by atoms with Crippen LogP contribution in [0.2, 0.25) is 0 Å². The summed E-state index contributed by atoms with van der Waals surface area (Å²) in [4.78, 5) is 3.84. The zero-order valence-electron chi connectivity index (χ0n) is 6.37. The van der Waals surface area contributed by atoms with E-state index in [1.54, 1.807) is 18.2 Å². The normalized spacial score (nSPS) is 7.27. The fraction of sp³-hybridized carbons (Fsp3) is 0. The molecule has 0 radical (unpaired) electrons. The fourth-order valence-corrected chi connectivity index (χ4v) is 0.565. The zero-order chi connectivity index (χ0) is 6.69. The van der Waals surface area contributed by atoms with Crippen LogP contribution in [-0.4, -0.2) is 4.98 Å². The summed E-state index contributed by atoms with van der Waals surface area (Å²) in [5, 5.41) is 0. The number of hydrogen-bond donors (Lipinski definition) is 0. The predicted octanol–water partition coefficient (Wildman–Crippen LogP) is 2.86. The molecule has 0 aliphatic rings. The molecule has 0 saturated heterocycles. The molecule has 0 saturated carbocycles. The summed E-state index contributed by atoms with van der Waals surface area (Å²) in [6, 6.07) is 5.23. The molecule has 1 heterocycles. The van der Waals surface area contributed by atoms with Crippen LogP contribution in [0.1, 0.15) is 5.69 Å². The van der Waals surface area contributed by atoms with Gasteiger partial charge < -0.3 is 18.1 Å². The molecule has 58 valence electrons. The van der Waals surface area contributed by atoms with Gasteiger partial charge in [-0.3, -0.25) is 0 Å². The Hall–Kier alpha value is -0.622. The smallest absolute Gasteiger partial charge is 0.482 e. The van der Waals surface area contributed by atoms with Crippen molar-refractivity contribution in [2.24, 2.45) is 0 Å². The average molecular weight is 318 g/mol. The average Bonchev–Trinajstić information content (AvgIpc) is 1.88. The summed E-state index contributed by atoms with van der Waals surface area (Å²) in [6.07, 6.45) is 1.62. The van der Waals surface area contributed by atoms with E-state index in [9.17, 15) is 0 Å². The summed E-state index contributed by atoms with van der Waals surface area (Å²) in [6.45, 7) is 3.53. The number of nitrogens with one attached hydrogen (secondary N) is 1. The SMILES string of the molecule is C=Cc1cccc([NH-])n1.[CH3-].[W+2]. The molecule has 0 aliphatic heterocycles. The van der Waals surface area contributed by atoms with E-state index in [0.29, 0.717) is 0 Å². The van der Waals surface area contributed by atoms with E-state index < -0.39 is 0 Å². The molecule has 2 nitrogen and oxygen atoms in total. The molecule has 1 rings (SSSR count). The van der Waals surface area contributed by atoms with Crippen molar-refractivity contribution in [3.05, 3.63) is 43.6 Å². The van der Waals surface area contributed by atoms with E-state index >= 15 is 0 Å². The van der Waals surface area contributed by atoms with Crippen molar-refractivity contribution in [2.75, 3.05) is 0 Å². The van der Waals surface area contributed by atoms with Crippen LogP contribution in [0.25, 0.3) is 11.8 Å². The van der Waals surface area contributed by atoms with Gasteiger partial charge in [0, 0.05) is 0 Å². The van der Waals surface area contributed by atoms with Crippen LogP contribution < -0.4 is 0 Å². The van der Waals surface area contributed by atoms with Crippen molar-refractivity contribution in [1.82, 2.24) is 4.98 Å². The second kappa shape index (κ2) is 6.11. The number of hydrogen-bond acceptors (Lipinski definition) is 1. The van der Waals surface area contributed by atoms with Crippen molar-refractivity contribution in [1.29, 1.82) is 0 Å². The molecule has 0 amide bonds. The Kier molecular flexibility index (Phi) is 7.23. The third-order valence-electron chi connectivity index (χ3n) is 0.980. The molecule has 1 aromatic rings. The van der Waals surface area contributed by atoms with E-state index in [2.05, 4.69) is 11.6 Å². The van der Waals surface area contributed by atoms with Crippen LogP contribution in [-0.2, 0) is 21.1 Å². The van der Waals surface area contributed by atoms with Crippen LogP contribution in [0.4, 0.5) is 5.82 Å². The van der Waals surface area contributed by atoms with Gasteiger partial charge in [-0.05, 0) is 5.69 Å². The van der Waals surface area contributed by atoms with Gasteiger partial charge in [0.1, 0.15) is 0 Å². The summed E-state index contributed by atoms with van der Waals surface area (Å²) >= 11 is 0. The Morgan fingerprint density at radius 3 is 2.45 bits per heavy atom. The van der Waals surface area contributed by atoms with Crippen LogP contribution in [0, 0.1) is 7.43 Å². The minimum atomic E-state index is 0. The molecule has 0 unspecified atom stereocenters. The van der Waals surface area contributed by atoms with E-state index in [1.165, 1.54) is 0 Å². The van der Waals surface area contributed by atoms with Crippen molar-refractivity contribution in [3.63, 3.8) is 0 Å². The first-order valence-electron chi connectivity index (χ1n) is 2.64. The van der Waals surface area contributed by atoms with Crippen LogP contribution in [0.5, 0.6) is 0 Å². The molecule has 0 spiro atoms. The van der Waals surface area contributed by atoms with E-state index in [-0.39, 0.29) is 34.3 Å². The van der Waals surface area contributed by atoms with Crippen molar-refractivity contribution < 1.29 is 21.1 Å². The summed E-state index contributed by atoms with van der Waals surface area (Å²) in [5.41, 5.74) is 7.83. The van der Waals surface area contributed by atoms with Crippen LogP contribution in [0.3, 0.4) is 0 Å². The summed E-state index contributed by atoms with van der Waals surface area (Å²) in [7, 11) is 0. The second-order valence-corrected chi connectivity index (χ2v) is 1.65. The van der Waals surface area contributed by atoms with E-state index in [1.807, 2.05) is 6.07 Å². The molecule has 0 atom stereocenters. The van der Waals surface area contributed by atoms with Gasteiger partial charge in [0.15, 0.2) is 0 Å². The van der Waals surface area contributed by atoms with E-state index in [4.69, 9.17) is 5.73 Å². The van der Waals surface area contributed by atoms with Gasteiger partial charge in [-0.25, -0.2) is 0 Å². The Morgan fingerprint density at radius 2 is 2.09 bits per heavy atom. The molecule has 0 aliphatic carbocycles. The minimum Gasteiger partial charge on any atom is -0.482 e. The van der Waals surface area contributed by atoms with Gasteiger partial charge >= 0.3 is 21.1 Å². The predicted molar refractivity (Wildman–Crippen MR) is 44.7 cm³/mol. The Morgan fingerprint density at radius 1 is 1.45 bits per heavy atom. The minimum absolute atomic E-state index is 0. The van der Waals surface area contributed by atoms with Crippen LogP contribution >= 0.6 is 0 Å². The third-order valence-corrected chi connectivity index (χ3v) is 0.980. The zero-order valence-corrected chi connectivity index (χ0v) is 9.31. The Labute approximate surface area is 81.8 Å². The fourth-order valence-electron chi connectivity index (χ4n) is 0.565.